The summed E-state index contributed by atoms with van der Waals surface area (Å²) in [6.07, 6.45) is -1.48. The molecule has 15 heteroatoms. The number of amides is 4. The highest BCUT2D eigenvalue weighted by Gasteiger charge is 2.34. The van der Waals surface area contributed by atoms with Gasteiger partial charge >= 0.3 is 12.2 Å². The molecule has 0 saturated carbocycles. The first-order chi connectivity index (χ1) is 21.2. The van der Waals surface area contributed by atoms with Gasteiger partial charge in [-0.05, 0) is 31.5 Å². The number of nitrogens with one attached hydrogen (secondary N) is 2. The molecule has 3 rings (SSSR count). The van der Waals surface area contributed by atoms with E-state index in [-0.39, 0.29) is 40.4 Å². The molecular formula is C31H47N8O7+. The maximum absolute atomic E-state index is 13.6. The number of hydrogen-bond acceptors (Lipinski definition) is 9. The molecule has 46 heavy (non-hydrogen) atoms. The SMILES string of the molecule is C.CN(CC(N)=O)C(=O)OCc1cccc2nnc([C@@H](COCc3ccccc3)NC(=O)C(C)(C)NC(=O)OCC[N+](C)(C)C)n12. The summed E-state index contributed by atoms with van der Waals surface area (Å²) >= 11 is 0. The molecule has 0 radical (unpaired) electrons. The summed E-state index contributed by atoms with van der Waals surface area (Å²) in [6, 6.07) is 13.8. The lowest BCUT2D eigenvalue weighted by Crippen LogP contribution is -2.56. The molecule has 1 aromatic carbocycles. The minimum Gasteiger partial charge on any atom is -0.444 e. The van der Waals surface area contributed by atoms with E-state index in [0.717, 1.165) is 10.5 Å². The number of benzene rings is 1. The molecule has 0 saturated heterocycles. The topological polar surface area (TPSA) is 179 Å². The van der Waals surface area contributed by atoms with Gasteiger partial charge in [-0.1, -0.05) is 43.8 Å². The van der Waals surface area contributed by atoms with Gasteiger partial charge in [0.15, 0.2) is 11.5 Å². The van der Waals surface area contributed by atoms with Crippen molar-refractivity contribution in [2.75, 3.05) is 54.5 Å². The van der Waals surface area contributed by atoms with Gasteiger partial charge in [-0.15, -0.1) is 10.2 Å². The fourth-order valence-electron chi connectivity index (χ4n) is 4.06. The summed E-state index contributed by atoms with van der Waals surface area (Å²) in [7, 11) is 7.32. The lowest BCUT2D eigenvalue weighted by atomic mass is 10.0. The van der Waals surface area contributed by atoms with Crippen LogP contribution in [0.25, 0.3) is 5.65 Å². The second-order valence-electron chi connectivity index (χ2n) is 12.1. The molecule has 2 heterocycles. The maximum atomic E-state index is 13.6. The van der Waals surface area contributed by atoms with Gasteiger partial charge in [0.05, 0.1) is 40.1 Å². The molecule has 1 atom stereocenters. The molecule has 4 amide bonds. The molecule has 4 N–H and O–H groups in total. The van der Waals surface area contributed by atoms with Crippen LogP contribution >= 0.6 is 0 Å². The van der Waals surface area contributed by atoms with Crippen LogP contribution in [0.4, 0.5) is 9.59 Å². The van der Waals surface area contributed by atoms with Crippen LogP contribution in [-0.2, 0) is 37.0 Å². The monoisotopic (exact) mass is 643 g/mol. The van der Waals surface area contributed by atoms with Crippen molar-refractivity contribution < 1.29 is 37.9 Å². The first-order valence-corrected chi connectivity index (χ1v) is 14.3. The van der Waals surface area contributed by atoms with Gasteiger partial charge in [0.2, 0.25) is 11.8 Å². The van der Waals surface area contributed by atoms with Crippen LogP contribution in [0.1, 0.15) is 44.4 Å². The summed E-state index contributed by atoms with van der Waals surface area (Å²) in [5.41, 5.74) is 5.67. The molecule has 2 aromatic heterocycles. The van der Waals surface area contributed by atoms with E-state index in [1.54, 1.807) is 36.4 Å². The zero-order chi connectivity index (χ0) is 33.2. The van der Waals surface area contributed by atoms with Crippen LogP contribution < -0.4 is 16.4 Å². The van der Waals surface area contributed by atoms with E-state index in [9.17, 15) is 19.2 Å². The lowest BCUT2D eigenvalue weighted by Gasteiger charge is -2.28. The van der Waals surface area contributed by atoms with Gasteiger partial charge in [-0.3, -0.25) is 14.0 Å². The van der Waals surface area contributed by atoms with Crippen molar-refractivity contribution in [3.8, 4) is 0 Å². The summed E-state index contributed by atoms with van der Waals surface area (Å²) < 4.78 is 18.9. The molecule has 252 valence electrons. The third-order valence-electron chi connectivity index (χ3n) is 6.57. The fraction of sp³-hybridized carbons (Fsp3) is 0.484. The van der Waals surface area contributed by atoms with Crippen LogP contribution in [0.3, 0.4) is 0 Å². The van der Waals surface area contributed by atoms with Crippen molar-refractivity contribution in [2.45, 2.75) is 46.1 Å². The Bertz CT molecular complexity index is 1470. The van der Waals surface area contributed by atoms with E-state index in [1.165, 1.54) is 7.05 Å². The number of aromatic nitrogens is 3. The number of primary amides is 1. The minimum absolute atomic E-state index is 0. The van der Waals surface area contributed by atoms with Crippen LogP contribution in [-0.4, -0.2) is 108 Å². The highest BCUT2D eigenvalue weighted by atomic mass is 16.6. The second kappa shape index (κ2) is 16.5. The third-order valence-corrected chi connectivity index (χ3v) is 6.57. The number of hydrogen-bond donors (Lipinski definition) is 3. The van der Waals surface area contributed by atoms with Crippen LogP contribution in [0.5, 0.6) is 0 Å². The molecule has 0 unspecified atom stereocenters. The summed E-state index contributed by atoms with van der Waals surface area (Å²) in [4.78, 5) is 50.7. The lowest BCUT2D eigenvalue weighted by molar-refractivity contribution is -0.870. The summed E-state index contributed by atoms with van der Waals surface area (Å²) in [6.45, 7) is 3.66. The van der Waals surface area contributed by atoms with Gasteiger partial charge in [0.1, 0.15) is 37.9 Å². The smallest absolute Gasteiger partial charge is 0.410 e. The van der Waals surface area contributed by atoms with E-state index in [4.69, 9.17) is 19.9 Å². The molecule has 0 fully saturated rings. The Labute approximate surface area is 269 Å². The van der Waals surface area contributed by atoms with E-state index in [2.05, 4.69) is 20.8 Å². The highest BCUT2D eigenvalue weighted by molar-refractivity contribution is 5.89. The number of rotatable bonds is 15. The van der Waals surface area contributed by atoms with Gasteiger partial charge in [-0.25, -0.2) is 9.59 Å². The Morgan fingerprint density at radius 3 is 2.35 bits per heavy atom. The first-order valence-electron chi connectivity index (χ1n) is 14.3. The van der Waals surface area contributed by atoms with Crippen LogP contribution in [0, 0.1) is 0 Å². The number of nitrogens with two attached hydrogens (primary N) is 1. The number of likely N-dealkylation sites (N-methyl/N-ethyl adjacent to an activating group) is 2. The minimum atomic E-state index is -1.37. The van der Waals surface area contributed by atoms with Gasteiger partial charge in [0, 0.05) is 7.05 Å². The summed E-state index contributed by atoms with van der Waals surface area (Å²) in [5.74, 6) is -0.889. The molecular weight excluding hydrogens is 596 g/mol. The molecule has 0 aliphatic heterocycles. The standard InChI is InChI=1S/C30H42N8O7.CH4/c1-30(2,33-28(41)44-16-15-38(4,5)6)27(40)32-23(20-43-18-21-11-8-7-9-12-21)26-35-34-25-14-10-13-22(37(25)26)19-45-29(42)36(3)17-24(31)39;/h7-14,23H,15-20H2,1-6H3,(H3-,31,32,33,39,40,41);1H4/p+1/t23-;/m1./s1. The average Bonchev–Trinajstić information content (AvgIpc) is 3.39. The zero-order valence-corrected chi connectivity index (χ0v) is 26.6. The number of ether oxygens (including phenoxy) is 3. The molecule has 0 aliphatic rings. The van der Waals surface area contributed by atoms with Crippen molar-refractivity contribution in [2.24, 2.45) is 5.73 Å². The number of quaternary nitrogens is 1. The van der Waals surface area contributed by atoms with Crippen molar-refractivity contribution >= 4 is 29.6 Å². The van der Waals surface area contributed by atoms with E-state index in [1.807, 2.05) is 51.5 Å². The second-order valence-corrected chi connectivity index (χ2v) is 12.1. The van der Waals surface area contributed by atoms with Gasteiger partial charge < -0.3 is 40.0 Å². The van der Waals surface area contributed by atoms with E-state index in [0.29, 0.717) is 28.2 Å². The van der Waals surface area contributed by atoms with Crippen LogP contribution in [0.2, 0.25) is 0 Å². The molecule has 0 aliphatic carbocycles. The maximum Gasteiger partial charge on any atom is 0.410 e. The van der Waals surface area contributed by atoms with Crippen LogP contribution in [0.15, 0.2) is 48.5 Å². The first kappa shape index (κ1) is 37.4. The molecule has 0 bridgehead atoms. The number of fused-ring (bicyclic) bond motifs is 1. The summed E-state index contributed by atoms with van der Waals surface area (Å²) in [5, 5.41) is 14.1. The Kier molecular flexibility index (Phi) is 13.4. The number of carbonyl (C=O) groups excluding carboxylic acids is 4. The molecule has 3 aromatic rings. The Balaban J connectivity index is 0.00000736. The van der Waals surface area contributed by atoms with Gasteiger partial charge in [0.25, 0.3) is 0 Å². The van der Waals surface area contributed by atoms with Gasteiger partial charge in [-0.2, -0.15) is 0 Å². The largest absolute Gasteiger partial charge is 0.444 e. The van der Waals surface area contributed by atoms with E-state index >= 15 is 0 Å². The average molecular weight is 644 g/mol. The number of carbonyl (C=O) groups is 4. The number of nitrogens with zero attached hydrogens (tertiary/aromatic N) is 5. The fourth-order valence-corrected chi connectivity index (χ4v) is 4.06. The zero-order valence-electron chi connectivity index (χ0n) is 26.6. The molecule has 15 nitrogen and oxygen atoms in total. The van der Waals surface area contributed by atoms with Crippen molar-refractivity contribution in [1.82, 2.24) is 30.1 Å². The highest BCUT2D eigenvalue weighted by Crippen LogP contribution is 2.19. The van der Waals surface area contributed by atoms with E-state index < -0.39 is 35.6 Å². The quantitative estimate of drug-likeness (QED) is 0.209. The van der Waals surface area contributed by atoms with Crippen molar-refractivity contribution in [1.29, 1.82) is 0 Å². The number of alkyl carbamates (subject to hydrolysis) is 1. The normalized spacial score (nSPS) is 12.0. The van der Waals surface area contributed by atoms with Crippen molar-refractivity contribution in [3.05, 3.63) is 65.6 Å². The Morgan fingerprint density at radius 2 is 1.70 bits per heavy atom. The van der Waals surface area contributed by atoms with Crippen molar-refractivity contribution in [3.63, 3.8) is 0 Å². The Hall–Kier alpha value is -4.76. The Morgan fingerprint density at radius 1 is 1.00 bits per heavy atom. The predicted octanol–water partition coefficient (Wildman–Crippen LogP) is 2.00. The number of pyridine rings is 1. The predicted molar refractivity (Wildman–Crippen MR) is 170 cm³/mol. The third kappa shape index (κ3) is 11.3. The molecule has 0 spiro atoms.